The number of likely N-dealkylation sites (N-methyl/N-ethyl adjacent to an activating group) is 1. The lowest BCUT2D eigenvalue weighted by atomic mass is 10.2. The first-order valence-corrected chi connectivity index (χ1v) is 5.38. The summed E-state index contributed by atoms with van der Waals surface area (Å²) in [5, 5.41) is 12.1. The molecule has 0 saturated carbocycles. The molecule has 0 spiro atoms. The topological polar surface area (TPSA) is 56.1 Å². The van der Waals surface area contributed by atoms with Gasteiger partial charge >= 0.3 is 0 Å². The molecule has 0 radical (unpaired) electrons. The van der Waals surface area contributed by atoms with E-state index < -0.39 is 0 Å². The van der Waals surface area contributed by atoms with Crippen LogP contribution in [0.15, 0.2) is 40.9 Å². The molecule has 0 bridgehead atoms. The average molecular weight is 247 g/mol. The lowest BCUT2D eigenvalue weighted by molar-refractivity contribution is -0.124. The van der Waals surface area contributed by atoms with E-state index >= 15 is 0 Å². The van der Waals surface area contributed by atoms with Gasteiger partial charge in [-0.3, -0.25) is 4.79 Å². The quantitative estimate of drug-likeness (QED) is 0.487. The monoisotopic (exact) mass is 247 g/mol. The Morgan fingerprint density at radius 2 is 1.94 bits per heavy atom. The van der Waals surface area contributed by atoms with Crippen LogP contribution in [-0.4, -0.2) is 24.9 Å². The standard InChI is InChI=1S/C12H13N3OS/c1-15(2)12(16)10(8-13)11(17)14-9-6-4-3-5-7-9/h3-7,14,17H,1-2H3/b11-10-. The summed E-state index contributed by atoms with van der Waals surface area (Å²) < 4.78 is 0. The molecular formula is C12H13N3OS. The number of carbonyl (C=O) groups is 1. The zero-order valence-electron chi connectivity index (χ0n) is 9.64. The molecule has 0 fully saturated rings. The van der Waals surface area contributed by atoms with Crippen molar-refractivity contribution in [3.8, 4) is 6.07 Å². The maximum atomic E-state index is 11.7. The largest absolute Gasteiger partial charge is 0.349 e. The summed E-state index contributed by atoms with van der Waals surface area (Å²) in [6.07, 6.45) is 0. The Morgan fingerprint density at radius 1 is 1.35 bits per heavy atom. The van der Waals surface area contributed by atoms with Gasteiger partial charge in [-0.05, 0) is 12.1 Å². The summed E-state index contributed by atoms with van der Waals surface area (Å²) in [4.78, 5) is 13.0. The molecule has 0 aliphatic rings. The molecule has 5 heteroatoms. The van der Waals surface area contributed by atoms with E-state index in [4.69, 9.17) is 5.26 Å². The van der Waals surface area contributed by atoms with E-state index in [9.17, 15) is 4.79 Å². The molecular weight excluding hydrogens is 234 g/mol. The highest BCUT2D eigenvalue weighted by molar-refractivity contribution is 7.84. The Kier molecular flexibility index (Phi) is 4.61. The Labute approximate surface area is 106 Å². The summed E-state index contributed by atoms with van der Waals surface area (Å²) in [5.74, 6) is -0.374. The number of para-hydroxylation sites is 1. The first kappa shape index (κ1) is 13.1. The second kappa shape index (κ2) is 5.97. The Hall–Kier alpha value is -1.93. The predicted octanol–water partition coefficient (Wildman–Crippen LogP) is 1.85. The van der Waals surface area contributed by atoms with Gasteiger partial charge in [0, 0.05) is 19.8 Å². The number of anilines is 1. The summed E-state index contributed by atoms with van der Waals surface area (Å²) in [7, 11) is 3.17. The van der Waals surface area contributed by atoms with Crippen LogP contribution in [0, 0.1) is 11.3 Å². The zero-order chi connectivity index (χ0) is 12.8. The van der Waals surface area contributed by atoms with Gasteiger partial charge in [-0.2, -0.15) is 5.26 Å². The number of hydrogen-bond donors (Lipinski definition) is 2. The minimum Gasteiger partial charge on any atom is -0.349 e. The highest BCUT2D eigenvalue weighted by Gasteiger charge is 2.15. The number of nitrogens with one attached hydrogen (secondary N) is 1. The fourth-order valence-corrected chi connectivity index (χ4v) is 1.42. The van der Waals surface area contributed by atoms with Crippen LogP contribution in [0.5, 0.6) is 0 Å². The van der Waals surface area contributed by atoms with Crippen LogP contribution in [-0.2, 0) is 4.79 Å². The first-order chi connectivity index (χ1) is 8.06. The summed E-state index contributed by atoms with van der Waals surface area (Å²) in [6, 6.07) is 11.1. The number of benzene rings is 1. The van der Waals surface area contributed by atoms with Gasteiger partial charge in [0.05, 0.1) is 5.03 Å². The van der Waals surface area contributed by atoms with Crippen molar-refractivity contribution in [1.82, 2.24) is 4.90 Å². The number of rotatable bonds is 3. The van der Waals surface area contributed by atoms with E-state index in [1.54, 1.807) is 14.1 Å². The van der Waals surface area contributed by atoms with Crippen molar-refractivity contribution in [2.75, 3.05) is 19.4 Å². The fourth-order valence-electron chi connectivity index (χ4n) is 1.15. The van der Waals surface area contributed by atoms with Gasteiger partial charge in [0.2, 0.25) is 0 Å². The Morgan fingerprint density at radius 3 is 2.41 bits per heavy atom. The van der Waals surface area contributed by atoms with E-state index in [1.165, 1.54) is 4.90 Å². The van der Waals surface area contributed by atoms with Crippen LogP contribution in [0.1, 0.15) is 0 Å². The molecule has 1 amide bonds. The second-order valence-electron chi connectivity index (χ2n) is 3.53. The first-order valence-electron chi connectivity index (χ1n) is 4.93. The molecule has 4 nitrogen and oxygen atoms in total. The lowest BCUT2D eigenvalue weighted by Crippen LogP contribution is -2.24. The van der Waals surface area contributed by atoms with E-state index in [1.807, 2.05) is 36.4 Å². The third-order valence-electron chi connectivity index (χ3n) is 2.01. The molecule has 1 rings (SSSR count). The summed E-state index contributed by atoms with van der Waals surface area (Å²) in [6.45, 7) is 0. The van der Waals surface area contributed by atoms with Crippen molar-refractivity contribution in [3.05, 3.63) is 40.9 Å². The van der Waals surface area contributed by atoms with Crippen LogP contribution in [0.3, 0.4) is 0 Å². The lowest BCUT2D eigenvalue weighted by Gasteiger charge is -2.12. The maximum absolute atomic E-state index is 11.7. The number of nitrogens with zero attached hydrogens (tertiary/aromatic N) is 2. The van der Waals surface area contributed by atoms with Gasteiger partial charge in [0.25, 0.3) is 5.91 Å². The predicted molar refractivity (Wildman–Crippen MR) is 70.4 cm³/mol. The van der Waals surface area contributed by atoms with Gasteiger partial charge in [-0.15, -0.1) is 12.6 Å². The van der Waals surface area contributed by atoms with Crippen LogP contribution >= 0.6 is 12.6 Å². The molecule has 0 aliphatic heterocycles. The maximum Gasteiger partial charge on any atom is 0.266 e. The van der Waals surface area contributed by atoms with E-state index in [-0.39, 0.29) is 16.5 Å². The van der Waals surface area contributed by atoms with E-state index in [0.29, 0.717) is 0 Å². The molecule has 17 heavy (non-hydrogen) atoms. The van der Waals surface area contributed by atoms with Crippen molar-refractivity contribution >= 4 is 24.2 Å². The minimum absolute atomic E-state index is 0.0119. The molecule has 0 unspecified atom stereocenters. The van der Waals surface area contributed by atoms with Crippen LogP contribution in [0.25, 0.3) is 0 Å². The molecule has 88 valence electrons. The third kappa shape index (κ3) is 3.54. The molecule has 0 aliphatic carbocycles. The number of amides is 1. The van der Waals surface area contributed by atoms with E-state index in [2.05, 4.69) is 17.9 Å². The normalized spacial score (nSPS) is 11.2. The number of hydrogen-bond acceptors (Lipinski definition) is 4. The van der Waals surface area contributed by atoms with Gasteiger partial charge in [-0.1, -0.05) is 18.2 Å². The van der Waals surface area contributed by atoms with Gasteiger partial charge < -0.3 is 10.2 Å². The molecule has 1 N–H and O–H groups in total. The van der Waals surface area contributed by atoms with Gasteiger partial charge in [0.1, 0.15) is 11.6 Å². The van der Waals surface area contributed by atoms with Crippen molar-refractivity contribution in [1.29, 1.82) is 5.26 Å². The van der Waals surface area contributed by atoms with Crippen molar-refractivity contribution in [3.63, 3.8) is 0 Å². The SMILES string of the molecule is CN(C)C(=O)/C(C#N)=C(\S)Nc1ccccc1. The second-order valence-corrected chi connectivity index (χ2v) is 3.97. The minimum atomic E-state index is -0.374. The number of carbonyl (C=O) groups excluding carboxylic acids is 1. The summed E-state index contributed by atoms with van der Waals surface area (Å²) >= 11 is 4.15. The van der Waals surface area contributed by atoms with Crippen molar-refractivity contribution in [2.24, 2.45) is 0 Å². The fraction of sp³-hybridized carbons (Fsp3) is 0.167. The average Bonchev–Trinajstić information content (AvgIpc) is 2.30. The zero-order valence-corrected chi connectivity index (χ0v) is 10.5. The van der Waals surface area contributed by atoms with Crippen LogP contribution in [0.2, 0.25) is 0 Å². The van der Waals surface area contributed by atoms with Gasteiger partial charge in [-0.25, -0.2) is 0 Å². The highest BCUT2D eigenvalue weighted by atomic mass is 32.1. The molecule has 0 aromatic heterocycles. The van der Waals surface area contributed by atoms with E-state index in [0.717, 1.165) is 5.69 Å². The number of nitriles is 1. The molecule has 1 aromatic carbocycles. The molecule has 1 aromatic rings. The van der Waals surface area contributed by atoms with Crippen molar-refractivity contribution in [2.45, 2.75) is 0 Å². The Bertz CT molecular complexity index is 474. The highest BCUT2D eigenvalue weighted by Crippen LogP contribution is 2.15. The Balaban J connectivity index is 2.96. The van der Waals surface area contributed by atoms with Crippen molar-refractivity contribution < 1.29 is 4.79 Å². The van der Waals surface area contributed by atoms with Crippen LogP contribution < -0.4 is 5.32 Å². The third-order valence-corrected chi connectivity index (χ3v) is 2.34. The molecule has 0 saturated heterocycles. The summed E-state index contributed by atoms with van der Waals surface area (Å²) in [5.41, 5.74) is 0.763. The number of thiol groups is 1. The van der Waals surface area contributed by atoms with Crippen LogP contribution in [0.4, 0.5) is 5.69 Å². The molecule has 0 heterocycles. The smallest absolute Gasteiger partial charge is 0.266 e. The molecule has 0 atom stereocenters. The van der Waals surface area contributed by atoms with Gasteiger partial charge in [0.15, 0.2) is 0 Å².